The van der Waals surface area contributed by atoms with E-state index >= 15 is 0 Å². The third-order valence-electron chi connectivity index (χ3n) is 10.9. The second-order valence-corrected chi connectivity index (χ2v) is 17.0. The SMILES string of the molecule is CCCCC/C=C\C/C=C\CCCCCCCCc1cccc2oc(C=CC=C3Nc4ccccc4O3)[n+](CCCCCCCC/C=C\C/C=C\CCCCC)c12.[O-][Cl+3]([O-])([O-])[O-]. The highest BCUT2D eigenvalue weighted by molar-refractivity contribution is 5.74. The molecule has 0 saturated carbocycles. The average Bonchev–Trinajstić information content (AvgIpc) is 3.83. The number of hydrogen-bond donors (Lipinski definition) is 1. The molecule has 1 N–H and O–H groups in total. The van der Waals surface area contributed by atoms with E-state index in [2.05, 4.69) is 96.6 Å². The average molecular weight is 874 g/mol. The number of nitrogens with zero attached hydrogens (tertiary/aromatic N) is 1. The minimum Gasteiger partial charge on any atom is -0.439 e. The van der Waals surface area contributed by atoms with Gasteiger partial charge in [0.2, 0.25) is 5.58 Å². The highest BCUT2D eigenvalue weighted by Gasteiger charge is 2.23. The molecular formula is C53H77ClN2O6. The molecule has 342 valence electrons. The van der Waals surface area contributed by atoms with E-state index in [4.69, 9.17) is 27.8 Å². The van der Waals surface area contributed by atoms with Crippen molar-refractivity contribution in [1.82, 2.24) is 0 Å². The zero-order valence-electron chi connectivity index (χ0n) is 38.1. The number of rotatable bonds is 32. The number of hydrogen-bond acceptors (Lipinski definition) is 7. The Labute approximate surface area is 376 Å². The van der Waals surface area contributed by atoms with Gasteiger partial charge >= 0.3 is 5.89 Å². The van der Waals surface area contributed by atoms with Gasteiger partial charge in [-0.25, -0.2) is 18.6 Å². The summed E-state index contributed by atoms with van der Waals surface area (Å²) in [4.78, 5) is 0. The number of oxazole rings is 1. The highest BCUT2D eigenvalue weighted by Crippen LogP contribution is 2.32. The van der Waals surface area contributed by atoms with Gasteiger partial charge in [0.25, 0.3) is 5.52 Å². The Morgan fingerprint density at radius 3 is 1.66 bits per heavy atom. The first-order valence-corrected chi connectivity index (χ1v) is 25.1. The van der Waals surface area contributed by atoms with Crippen LogP contribution < -0.4 is 33.3 Å². The van der Waals surface area contributed by atoms with Gasteiger partial charge in [0.1, 0.15) is 0 Å². The molecule has 0 atom stereocenters. The van der Waals surface area contributed by atoms with Crippen LogP contribution in [0.25, 0.3) is 17.2 Å². The first-order chi connectivity index (χ1) is 30.3. The summed E-state index contributed by atoms with van der Waals surface area (Å²) in [7, 11) is -4.94. The minimum absolute atomic E-state index is 0.735. The Morgan fingerprint density at radius 2 is 1.10 bits per heavy atom. The predicted molar refractivity (Wildman–Crippen MR) is 247 cm³/mol. The molecule has 0 radical (unpaired) electrons. The van der Waals surface area contributed by atoms with Gasteiger partial charge in [-0.1, -0.05) is 157 Å². The maximum atomic E-state index is 8.49. The molecule has 1 aliphatic heterocycles. The standard InChI is InChI=1S/C53H76N2O2.ClHO4/c1-3-5-7-9-11-13-15-17-19-21-23-25-27-29-31-33-39-47-40-37-43-50-53(47)55(52(57-50)45-38-44-51-54-48-41-34-35-42-49(48)56-51)46-36-32-30-28-26-24-22-20-18-16-14-12-10-8-6-4-2;2-1(3,4)5/h11-14,17-20,34-35,37-38,40-45H,3-10,15-16,21-33,36,39,46H2,1-2H3;(H,2,3,4,5)/b13-11-,14-12-,19-17-,20-18-;. The fourth-order valence-electron chi connectivity index (χ4n) is 7.57. The van der Waals surface area contributed by atoms with Gasteiger partial charge in [-0.2, -0.15) is 4.57 Å². The first-order valence-electron chi connectivity index (χ1n) is 23.9. The Hall–Kier alpha value is -3.92. The summed E-state index contributed by atoms with van der Waals surface area (Å²) in [5.41, 5.74) is 4.68. The van der Waals surface area contributed by atoms with Gasteiger partial charge in [0, 0.05) is 12.0 Å². The molecule has 0 spiro atoms. The summed E-state index contributed by atoms with van der Waals surface area (Å²) < 4.78 is 48.9. The molecule has 3 aromatic rings. The summed E-state index contributed by atoms with van der Waals surface area (Å²) in [6.45, 7) is 5.50. The third kappa shape index (κ3) is 24.6. The Morgan fingerprint density at radius 1 is 0.581 bits per heavy atom. The molecule has 62 heavy (non-hydrogen) atoms. The van der Waals surface area contributed by atoms with Crippen LogP contribution in [0.1, 0.15) is 179 Å². The molecule has 0 amide bonds. The second kappa shape index (κ2) is 33.6. The fourth-order valence-corrected chi connectivity index (χ4v) is 7.57. The van der Waals surface area contributed by atoms with E-state index in [9.17, 15) is 0 Å². The normalized spacial score (nSPS) is 13.7. The van der Waals surface area contributed by atoms with E-state index in [1.54, 1.807) is 0 Å². The van der Waals surface area contributed by atoms with Crippen LogP contribution in [0.5, 0.6) is 5.75 Å². The van der Waals surface area contributed by atoms with Crippen molar-refractivity contribution in [1.29, 1.82) is 0 Å². The fraction of sp³-hybridized carbons (Fsp3) is 0.528. The number of unbranched alkanes of at least 4 members (excludes halogenated alkanes) is 18. The van der Waals surface area contributed by atoms with E-state index in [0.29, 0.717) is 0 Å². The molecule has 1 aromatic heterocycles. The molecule has 0 aliphatic carbocycles. The van der Waals surface area contributed by atoms with Crippen molar-refractivity contribution >= 4 is 22.9 Å². The monoisotopic (exact) mass is 873 g/mol. The van der Waals surface area contributed by atoms with Crippen molar-refractivity contribution in [3.8, 4) is 5.75 Å². The van der Waals surface area contributed by atoms with Crippen LogP contribution in [0.4, 0.5) is 5.69 Å². The van der Waals surface area contributed by atoms with E-state index in [-0.39, 0.29) is 0 Å². The van der Waals surface area contributed by atoms with E-state index < -0.39 is 10.2 Å². The van der Waals surface area contributed by atoms with Crippen LogP contribution in [0.3, 0.4) is 0 Å². The summed E-state index contributed by atoms with van der Waals surface area (Å²) in [5, 5.41) is 3.36. The van der Waals surface area contributed by atoms with Gasteiger partial charge in [-0.3, -0.25) is 0 Å². The van der Waals surface area contributed by atoms with Crippen molar-refractivity contribution in [3.05, 3.63) is 121 Å². The van der Waals surface area contributed by atoms with Crippen LogP contribution in [-0.2, 0) is 13.0 Å². The molecule has 2 heterocycles. The Bertz CT molecular complexity index is 1770. The summed E-state index contributed by atoms with van der Waals surface area (Å²) in [6.07, 6.45) is 56.5. The van der Waals surface area contributed by atoms with Crippen LogP contribution in [0.15, 0.2) is 114 Å². The molecule has 1 aliphatic rings. The Kier molecular flexibility index (Phi) is 28.4. The van der Waals surface area contributed by atoms with Crippen LogP contribution in [0.2, 0.25) is 0 Å². The van der Waals surface area contributed by atoms with Crippen molar-refractivity contribution in [3.63, 3.8) is 0 Å². The number of anilines is 1. The molecule has 0 bridgehead atoms. The maximum absolute atomic E-state index is 8.49. The molecular weight excluding hydrogens is 796 g/mol. The lowest BCUT2D eigenvalue weighted by Crippen LogP contribution is -2.68. The summed E-state index contributed by atoms with van der Waals surface area (Å²) >= 11 is 0. The quantitative estimate of drug-likeness (QED) is 0.0375. The van der Waals surface area contributed by atoms with Crippen molar-refractivity contribution in [2.24, 2.45) is 0 Å². The number of aromatic nitrogens is 1. The molecule has 8 nitrogen and oxygen atoms in total. The molecule has 0 unspecified atom stereocenters. The summed E-state index contributed by atoms with van der Waals surface area (Å²) in [5.74, 6) is 2.50. The first kappa shape index (κ1) is 52.4. The largest absolute Gasteiger partial charge is 0.439 e. The zero-order chi connectivity index (χ0) is 44.4. The number of halogens is 1. The molecule has 4 rings (SSSR count). The summed E-state index contributed by atoms with van der Waals surface area (Å²) in [6, 6.07) is 14.7. The van der Waals surface area contributed by atoms with Crippen molar-refractivity contribution in [2.45, 2.75) is 181 Å². The third-order valence-corrected chi connectivity index (χ3v) is 10.9. The topological polar surface area (TPSA) is 131 Å². The smallest absolute Gasteiger partial charge is 0.374 e. The lowest BCUT2D eigenvalue weighted by atomic mass is 10.0. The molecule has 2 aromatic carbocycles. The highest BCUT2D eigenvalue weighted by atomic mass is 35.7. The minimum atomic E-state index is -4.94. The van der Waals surface area contributed by atoms with Gasteiger partial charge in [0.15, 0.2) is 18.2 Å². The van der Waals surface area contributed by atoms with Crippen LogP contribution >= 0.6 is 0 Å². The maximum Gasteiger partial charge on any atom is 0.374 e. The van der Waals surface area contributed by atoms with Crippen LogP contribution in [0, 0.1) is 10.2 Å². The van der Waals surface area contributed by atoms with E-state index in [1.807, 2.05) is 36.4 Å². The predicted octanol–water partition coefficient (Wildman–Crippen LogP) is 11.5. The van der Waals surface area contributed by atoms with Crippen LogP contribution in [-0.4, -0.2) is 0 Å². The number of ether oxygens (including phenoxy) is 1. The van der Waals surface area contributed by atoms with Gasteiger partial charge in [-0.15, -0.1) is 10.2 Å². The number of aryl methyl sites for hydroxylation is 2. The number of para-hydroxylation sites is 3. The molecule has 9 heteroatoms. The molecule has 0 fully saturated rings. The second-order valence-electron chi connectivity index (χ2n) is 16.3. The van der Waals surface area contributed by atoms with E-state index in [1.165, 1.54) is 146 Å². The van der Waals surface area contributed by atoms with Gasteiger partial charge in [-0.05, 0) is 114 Å². The lowest BCUT2D eigenvalue weighted by Gasteiger charge is -2.17. The molecule has 0 saturated heterocycles. The number of benzene rings is 2. The Balaban J connectivity index is 0.00000193. The van der Waals surface area contributed by atoms with E-state index in [0.717, 1.165) is 61.0 Å². The van der Waals surface area contributed by atoms with Gasteiger partial charge < -0.3 is 14.5 Å². The number of allylic oxidation sites excluding steroid dienone is 10. The lowest BCUT2D eigenvalue weighted by molar-refractivity contribution is -2.00. The van der Waals surface area contributed by atoms with Crippen molar-refractivity contribution in [2.75, 3.05) is 5.32 Å². The zero-order valence-corrected chi connectivity index (χ0v) is 38.8. The van der Waals surface area contributed by atoms with Gasteiger partial charge in [0.05, 0.1) is 11.8 Å². The van der Waals surface area contributed by atoms with Crippen molar-refractivity contribution < 1.29 is 42.6 Å². The number of nitrogens with one attached hydrogen (secondary N) is 1. The number of fused-ring (bicyclic) bond motifs is 2.